The predicted octanol–water partition coefficient (Wildman–Crippen LogP) is 3.01. The summed E-state index contributed by atoms with van der Waals surface area (Å²) in [6.07, 6.45) is 2.30. The molecule has 4 rings (SSSR count). The topological polar surface area (TPSA) is 81.2 Å². The minimum atomic E-state index is -0.236. The van der Waals surface area contributed by atoms with Gasteiger partial charge in [0, 0.05) is 13.1 Å². The second-order valence-corrected chi connectivity index (χ2v) is 6.01. The van der Waals surface area contributed by atoms with E-state index in [1.165, 1.54) is 12.1 Å². The molecule has 7 nitrogen and oxygen atoms in total. The van der Waals surface area contributed by atoms with Crippen molar-refractivity contribution in [3.8, 4) is 11.5 Å². The van der Waals surface area contributed by atoms with Gasteiger partial charge in [0.2, 0.25) is 12.7 Å². The van der Waals surface area contributed by atoms with Crippen molar-refractivity contribution in [2.45, 2.75) is 13.0 Å². The van der Waals surface area contributed by atoms with Crippen LogP contribution in [-0.4, -0.2) is 28.5 Å². The lowest BCUT2D eigenvalue weighted by molar-refractivity contribution is 0.174. The maximum atomic E-state index is 12.9. The molecule has 27 heavy (non-hydrogen) atoms. The number of anilines is 2. The minimum absolute atomic E-state index is 0.236. The van der Waals surface area contributed by atoms with Gasteiger partial charge in [-0.2, -0.15) is 10.1 Å². The van der Waals surface area contributed by atoms with Crippen LogP contribution in [0.2, 0.25) is 0 Å². The van der Waals surface area contributed by atoms with Crippen LogP contribution in [0.5, 0.6) is 11.5 Å². The van der Waals surface area contributed by atoms with Gasteiger partial charge >= 0.3 is 0 Å². The maximum absolute atomic E-state index is 12.9. The van der Waals surface area contributed by atoms with Crippen LogP contribution in [-0.2, 0) is 13.0 Å². The molecule has 0 unspecified atom stereocenters. The van der Waals surface area contributed by atoms with Gasteiger partial charge in [0.1, 0.15) is 5.82 Å². The highest BCUT2D eigenvalue weighted by atomic mass is 19.1. The number of fused-ring (bicyclic) bond motifs is 1. The summed E-state index contributed by atoms with van der Waals surface area (Å²) in [5.41, 5.74) is 2.08. The Balaban J connectivity index is 1.30. The number of halogens is 1. The summed E-state index contributed by atoms with van der Waals surface area (Å²) in [6, 6.07) is 12.2. The van der Waals surface area contributed by atoms with E-state index in [9.17, 15) is 4.39 Å². The number of ether oxygens (including phenoxy) is 2. The molecule has 0 atom stereocenters. The molecular weight excluding hydrogens is 349 g/mol. The third kappa shape index (κ3) is 4.41. The highest BCUT2D eigenvalue weighted by molar-refractivity contribution is 5.46. The fourth-order valence-electron chi connectivity index (χ4n) is 2.68. The van der Waals surface area contributed by atoms with Gasteiger partial charge in [0.15, 0.2) is 17.3 Å². The molecule has 2 heterocycles. The highest BCUT2D eigenvalue weighted by Gasteiger charge is 2.13. The number of nitrogens with zero attached hydrogens (tertiary/aromatic N) is 3. The Labute approximate surface area is 155 Å². The summed E-state index contributed by atoms with van der Waals surface area (Å²) in [7, 11) is 0. The summed E-state index contributed by atoms with van der Waals surface area (Å²) in [5, 5.41) is 14.3. The van der Waals surface area contributed by atoms with E-state index in [4.69, 9.17) is 9.47 Å². The summed E-state index contributed by atoms with van der Waals surface area (Å²) in [4.78, 5) is 4.39. The van der Waals surface area contributed by atoms with E-state index in [0.717, 1.165) is 29.0 Å². The number of hydrogen-bond acceptors (Lipinski definition) is 7. The van der Waals surface area contributed by atoms with E-state index in [-0.39, 0.29) is 12.6 Å². The average Bonchev–Trinajstić information content (AvgIpc) is 3.16. The molecule has 3 aromatic rings. The van der Waals surface area contributed by atoms with Gasteiger partial charge in [-0.1, -0.05) is 18.2 Å². The van der Waals surface area contributed by atoms with Crippen LogP contribution in [0, 0.1) is 5.82 Å². The molecule has 0 aliphatic carbocycles. The lowest BCUT2D eigenvalue weighted by Gasteiger charge is -2.08. The Hall–Kier alpha value is -3.42. The molecule has 0 amide bonds. The van der Waals surface area contributed by atoms with Gasteiger partial charge in [-0.25, -0.2) is 4.39 Å². The van der Waals surface area contributed by atoms with Crippen molar-refractivity contribution in [3.63, 3.8) is 0 Å². The minimum Gasteiger partial charge on any atom is -0.454 e. The highest BCUT2D eigenvalue weighted by Crippen LogP contribution is 2.32. The molecule has 0 bridgehead atoms. The summed E-state index contributed by atoms with van der Waals surface area (Å²) in [5.74, 6) is 2.33. The smallest absolute Gasteiger partial charge is 0.244 e. The average molecular weight is 367 g/mol. The molecule has 138 valence electrons. The van der Waals surface area contributed by atoms with Crippen molar-refractivity contribution >= 4 is 11.8 Å². The van der Waals surface area contributed by atoms with Crippen molar-refractivity contribution in [1.29, 1.82) is 0 Å². The zero-order chi connectivity index (χ0) is 18.5. The van der Waals surface area contributed by atoms with E-state index in [1.54, 1.807) is 18.3 Å². The number of aromatic nitrogens is 3. The third-order valence-electron chi connectivity index (χ3n) is 4.08. The van der Waals surface area contributed by atoms with Crippen LogP contribution in [0.3, 0.4) is 0 Å². The third-order valence-corrected chi connectivity index (χ3v) is 4.08. The van der Waals surface area contributed by atoms with E-state index in [1.807, 2.05) is 18.2 Å². The lowest BCUT2D eigenvalue weighted by atomic mass is 10.1. The van der Waals surface area contributed by atoms with Crippen molar-refractivity contribution < 1.29 is 13.9 Å². The van der Waals surface area contributed by atoms with Crippen LogP contribution in [0.4, 0.5) is 16.2 Å². The number of nitrogens with one attached hydrogen (secondary N) is 2. The van der Waals surface area contributed by atoms with Crippen molar-refractivity contribution in [2.75, 3.05) is 24.0 Å². The first-order chi connectivity index (χ1) is 13.3. The normalized spacial score (nSPS) is 12.0. The SMILES string of the molecule is Fc1ccc(CCNc2nncc(NCc3ccc4c(c3)OCO4)n2)cc1. The Morgan fingerprint density at radius 2 is 1.78 bits per heavy atom. The zero-order valence-corrected chi connectivity index (χ0v) is 14.5. The monoisotopic (exact) mass is 367 g/mol. The van der Waals surface area contributed by atoms with Crippen molar-refractivity contribution in [3.05, 3.63) is 65.6 Å². The molecule has 0 fully saturated rings. The Bertz CT molecular complexity index is 920. The quantitative estimate of drug-likeness (QED) is 0.664. The second-order valence-electron chi connectivity index (χ2n) is 6.01. The number of rotatable bonds is 7. The molecule has 0 saturated heterocycles. The van der Waals surface area contributed by atoms with Crippen molar-refractivity contribution in [1.82, 2.24) is 15.2 Å². The van der Waals surface area contributed by atoms with Gasteiger partial charge in [0.25, 0.3) is 0 Å². The van der Waals surface area contributed by atoms with Crippen LogP contribution in [0.15, 0.2) is 48.7 Å². The second kappa shape index (κ2) is 7.86. The van der Waals surface area contributed by atoms with Crippen LogP contribution >= 0.6 is 0 Å². The van der Waals surface area contributed by atoms with Gasteiger partial charge in [-0.05, 0) is 41.8 Å². The molecule has 1 aliphatic rings. The first-order valence-electron chi connectivity index (χ1n) is 8.57. The molecule has 1 aliphatic heterocycles. The Kier molecular flexibility index (Phi) is 4.95. The predicted molar refractivity (Wildman–Crippen MR) is 98.3 cm³/mol. The molecule has 1 aromatic heterocycles. The molecule has 8 heteroatoms. The lowest BCUT2D eigenvalue weighted by Crippen LogP contribution is -2.10. The van der Waals surface area contributed by atoms with Gasteiger partial charge in [0.05, 0.1) is 6.20 Å². The van der Waals surface area contributed by atoms with Crippen LogP contribution < -0.4 is 20.1 Å². The van der Waals surface area contributed by atoms with Gasteiger partial charge in [-0.15, -0.1) is 5.10 Å². The first kappa shape index (κ1) is 17.0. The fraction of sp³-hybridized carbons (Fsp3) is 0.211. The Morgan fingerprint density at radius 1 is 0.963 bits per heavy atom. The van der Waals surface area contributed by atoms with E-state index in [0.29, 0.717) is 24.9 Å². The van der Waals surface area contributed by atoms with E-state index >= 15 is 0 Å². The van der Waals surface area contributed by atoms with Crippen molar-refractivity contribution in [2.24, 2.45) is 0 Å². The standard InChI is InChI=1S/C19H18FN5O2/c20-15-4-1-13(2-5-15)7-8-21-19-24-18(11-23-25-19)22-10-14-3-6-16-17(9-14)27-12-26-16/h1-6,9,11H,7-8,10,12H2,(H2,21,22,24,25). The molecule has 2 N–H and O–H groups in total. The van der Waals surface area contributed by atoms with Gasteiger partial charge in [-0.3, -0.25) is 0 Å². The summed E-state index contributed by atoms with van der Waals surface area (Å²) >= 11 is 0. The molecule has 2 aromatic carbocycles. The summed E-state index contributed by atoms with van der Waals surface area (Å²) < 4.78 is 23.6. The molecule has 0 spiro atoms. The van der Waals surface area contributed by atoms with Crippen LogP contribution in [0.25, 0.3) is 0 Å². The molecule has 0 saturated carbocycles. The molecule has 0 radical (unpaired) electrons. The van der Waals surface area contributed by atoms with Crippen LogP contribution in [0.1, 0.15) is 11.1 Å². The number of hydrogen-bond donors (Lipinski definition) is 2. The Morgan fingerprint density at radius 3 is 2.67 bits per heavy atom. The van der Waals surface area contributed by atoms with Gasteiger partial charge < -0.3 is 20.1 Å². The zero-order valence-electron chi connectivity index (χ0n) is 14.5. The van der Waals surface area contributed by atoms with E-state index in [2.05, 4.69) is 25.8 Å². The maximum Gasteiger partial charge on any atom is 0.244 e. The summed E-state index contributed by atoms with van der Waals surface area (Å²) in [6.45, 7) is 1.46. The number of benzene rings is 2. The molecular formula is C19H18FN5O2. The first-order valence-corrected chi connectivity index (χ1v) is 8.57. The van der Waals surface area contributed by atoms with E-state index < -0.39 is 0 Å². The fourth-order valence-corrected chi connectivity index (χ4v) is 2.68. The largest absolute Gasteiger partial charge is 0.454 e.